The Morgan fingerprint density at radius 1 is 1.42 bits per heavy atom. The van der Waals surface area contributed by atoms with E-state index in [1.807, 2.05) is 13.8 Å². The summed E-state index contributed by atoms with van der Waals surface area (Å²) in [6.45, 7) is 7.53. The van der Waals surface area contributed by atoms with Gasteiger partial charge in [-0.1, -0.05) is 6.92 Å². The number of fused-ring (bicyclic) bond motifs is 1. The summed E-state index contributed by atoms with van der Waals surface area (Å²) in [7, 11) is 0. The van der Waals surface area contributed by atoms with Gasteiger partial charge in [0.1, 0.15) is 10.6 Å². The Balaban J connectivity index is 2.14. The molecule has 0 spiro atoms. The van der Waals surface area contributed by atoms with Crippen molar-refractivity contribution in [2.45, 2.75) is 33.3 Å². The van der Waals surface area contributed by atoms with Crippen LogP contribution >= 0.6 is 11.3 Å². The van der Waals surface area contributed by atoms with E-state index < -0.39 is 0 Å². The van der Waals surface area contributed by atoms with Gasteiger partial charge in [-0.2, -0.15) is 4.98 Å². The van der Waals surface area contributed by atoms with E-state index in [2.05, 4.69) is 28.3 Å². The Labute approximate surface area is 117 Å². The van der Waals surface area contributed by atoms with Crippen molar-refractivity contribution in [2.24, 2.45) is 0 Å². The molecule has 0 saturated carbocycles. The molecule has 0 aliphatic rings. The third kappa shape index (κ3) is 3.54. The molecule has 0 aliphatic heterocycles. The maximum absolute atomic E-state index is 5.74. The summed E-state index contributed by atoms with van der Waals surface area (Å²) in [4.78, 5) is 10.8. The topological polar surface area (TPSA) is 73.1 Å². The van der Waals surface area contributed by atoms with Crippen LogP contribution in [0.2, 0.25) is 0 Å². The lowest BCUT2D eigenvalue weighted by atomic mass is 10.3. The smallest absolute Gasteiger partial charge is 0.223 e. The summed E-state index contributed by atoms with van der Waals surface area (Å²) in [5, 5.41) is 4.31. The number of thiophene rings is 1. The SMILES string of the molecule is CCc1cc2c(NCCOC(C)C)nc(N)nc2s1. The van der Waals surface area contributed by atoms with Crippen LogP contribution in [0.15, 0.2) is 6.07 Å². The molecule has 0 aromatic carbocycles. The molecule has 0 unspecified atom stereocenters. The normalized spacial score (nSPS) is 11.4. The maximum atomic E-state index is 5.74. The van der Waals surface area contributed by atoms with Crippen molar-refractivity contribution in [1.29, 1.82) is 0 Å². The second kappa shape index (κ2) is 6.16. The number of ether oxygens (including phenoxy) is 1. The highest BCUT2D eigenvalue weighted by Gasteiger charge is 2.09. The molecule has 0 aliphatic carbocycles. The van der Waals surface area contributed by atoms with Crippen LogP contribution in [0, 0.1) is 0 Å². The first-order valence-corrected chi connectivity index (χ1v) is 7.33. The number of hydrogen-bond acceptors (Lipinski definition) is 6. The van der Waals surface area contributed by atoms with E-state index in [1.165, 1.54) is 4.88 Å². The number of nitrogen functional groups attached to an aromatic ring is 1. The van der Waals surface area contributed by atoms with Gasteiger partial charge in [-0.05, 0) is 26.3 Å². The summed E-state index contributed by atoms with van der Waals surface area (Å²) < 4.78 is 5.50. The highest BCUT2D eigenvalue weighted by Crippen LogP contribution is 2.29. The molecule has 0 bridgehead atoms. The number of hydrogen-bond donors (Lipinski definition) is 2. The van der Waals surface area contributed by atoms with E-state index >= 15 is 0 Å². The standard InChI is InChI=1S/C13H20N4OS/c1-4-9-7-10-11(15-5-6-18-8(2)3)16-13(14)17-12(10)19-9/h7-8H,4-6H2,1-3H3,(H3,14,15,16,17). The first kappa shape index (κ1) is 14.0. The van der Waals surface area contributed by atoms with E-state index in [0.29, 0.717) is 19.1 Å². The van der Waals surface area contributed by atoms with Gasteiger partial charge in [0.2, 0.25) is 5.95 Å². The number of aromatic nitrogens is 2. The second-order valence-electron chi connectivity index (χ2n) is 4.56. The highest BCUT2D eigenvalue weighted by atomic mass is 32.1. The van der Waals surface area contributed by atoms with Gasteiger partial charge in [0.25, 0.3) is 0 Å². The number of anilines is 2. The zero-order chi connectivity index (χ0) is 13.8. The van der Waals surface area contributed by atoms with Crippen molar-refractivity contribution >= 4 is 33.3 Å². The third-order valence-electron chi connectivity index (χ3n) is 2.66. The quantitative estimate of drug-likeness (QED) is 0.796. The van der Waals surface area contributed by atoms with Gasteiger partial charge in [0.15, 0.2) is 0 Å². The number of nitrogens with one attached hydrogen (secondary N) is 1. The Bertz CT molecular complexity index is 553. The van der Waals surface area contributed by atoms with Gasteiger partial charge in [-0.25, -0.2) is 4.98 Å². The van der Waals surface area contributed by atoms with Crippen molar-refractivity contribution in [3.05, 3.63) is 10.9 Å². The van der Waals surface area contributed by atoms with E-state index in [1.54, 1.807) is 11.3 Å². The summed E-state index contributed by atoms with van der Waals surface area (Å²) in [6, 6.07) is 2.13. The molecule has 0 fully saturated rings. The summed E-state index contributed by atoms with van der Waals surface area (Å²) in [5.41, 5.74) is 5.74. The molecule has 2 aromatic heterocycles. The van der Waals surface area contributed by atoms with Crippen LogP contribution in [0.1, 0.15) is 25.6 Å². The number of nitrogens with two attached hydrogens (primary N) is 1. The van der Waals surface area contributed by atoms with E-state index in [0.717, 1.165) is 22.5 Å². The van der Waals surface area contributed by atoms with Crippen LogP contribution in [0.4, 0.5) is 11.8 Å². The molecule has 2 rings (SSSR count). The molecule has 0 amide bonds. The van der Waals surface area contributed by atoms with Crippen molar-refractivity contribution in [3.8, 4) is 0 Å². The Kier molecular flexibility index (Phi) is 4.55. The lowest BCUT2D eigenvalue weighted by Crippen LogP contribution is -2.14. The molecule has 19 heavy (non-hydrogen) atoms. The lowest BCUT2D eigenvalue weighted by Gasteiger charge is -2.09. The van der Waals surface area contributed by atoms with E-state index in [9.17, 15) is 0 Å². The summed E-state index contributed by atoms with van der Waals surface area (Å²) >= 11 is 1.67. The van der Waals surface area contributed by atoms with Gasteiger partial charge in [0, 0.05) is 11.4 Å². The Morgan fingerprint density at radius 2 is 2.21 bits per heavy atom. The van der Waals surface area contributed by atoms with Crippen molar-refractivity contribution in [2.75, 3.05) is 24.2 Å². The molecule has 0 saturated heterocycles. The number of aryl methyl sites for hydroxylation is 1. The highest BCUT2D eigenvalue weighted by molar-refractivity contribution is 7.18. The van der Waals surface area contributed by atoms with E-state index in [-0.39, 0.29) is 6.10 Å². The predicted octanol–water partition coefficient (Wildman–Crippen LogP) is 2.67. The fraction of sp³-hybridized carbons (Fsp3) is 0.538. The minimum absolute atomic E-state index is 0.241. The molecule has 3 N–H and O–H groups in total. The van der Waals surface area contributed by atoms with Crippen LogP contribution < -0.4 is 11.1 Å². The third-order valence-corrected chi connectivity index (χ3v) is 3.83. The van der Waals surface area contributed by atoms with Crippen LogP contribution in [0.25, 0.3) is 10.2 Å². The minimum Gasteiger partial charge on any atom is -0.377 e. The first-order chi connectivity index (χ1) is 9.10. The number of nitrogens with zero attached hydrogens (tertiary/aromatic N) is 2. The molecular weight excluding hydrogens is 260 g/mol. The fourth-order valence-corrected chi connectivity index (χ4v) is 2.74. The van der Waals surface area contributed by atoms with Gasteiger partial charge < -0.3 is 15.8 Å². The molecule has 0 atom stereocenters. The average Bonchev–Trinajstić information content (AvgIpc) is 2.77. The average molecular weight is 280 g/mol. The van der Waals surface area contributed by atoms with Gasteiger partial charge >= 0.3 is 0 Å². The Morgan fingerprint density at radius 3 is 2.89 bits per heavy atom. The first-order valence-electron chi connectivity index (χ1n) is 6.51. The van der Waals surface area contributed by atoms with Gasteiger partial charge in [0.05, 0.1) is 18.1 Å². The van der Waals surface area contributed by atoms with Crippen LogP contribution in [-0.4, -0.2) is 29.2 Å². The fourth-order valence-electron chi connectivity index (χ4n) is 1.76. The minimum atomic E-state index is 0.241. The van der Waals surface area contributed by atoms with E-state index in [4.69, 9.17) is 10.5 Å². The van der Waals surface area contributed by atoms with Crippen molar-refractivity contribution in [3.63, 3.8) is 0 Å². The Hall–Kier alpha value is -1.40. The van der Waals surface area contributed by atoms with Gasteiger partial charge in [-0.15, -0.1) is 11.3 Å². The van der Waals surface area contributed by atoms with Crippen LogP contribution in [0.5, 0.6) is 0 Å². The van der Waals surface area contributed by atoms with Crippen molar-refractivity contribution in [1.82, 2.24) is 9.97 Å². The summed E-state index contributed by atoms with van der Waals surface area (Å²) in [5.74, 6) is 1.11. The van der Waals surface area contributed by atoms with Crippen LogP contribution in [-0.2, 0) is 11.2 Å². The molecule has 5 nitrogen and oxygen atoms in total. The summed E-state index contributed by atoms with van der Waals surface area (Å²) in [6.07, 6.45) is 1.24. The molecule has 2 aromatic rings. The number of rotatable bonds is 6. The maximum Gasteiger partial charge on any atom is 0.223 e. The second-order valence-corrected chi connectivity index (χ2v) is 5.68. The molecule has 6 heteroatoms. The lowest BCUT2D eigenvalue weighted by molar-refractivity contribution is 0.0870. The van der Waals surface area contributed by atoms with Crippen molar-refractivity contribution < 1.29 is 4.74 Å². The van der Waals surface area contributed by atoms with Crippen LogP contribution in [0.3, 0.4) is 0 Å². The zero-order valence-electron chi connectivity index (χ0n) is 11.6. The molecule has 2 heterocycles. The zero-order valence-corrected chi connectivity index (χ0v) is 12.4. The predicted molar refractivity (Wildman–Crippen MR) is 80.8 cm³/mol. The molecule has 0 radical (unpaired) electrons. The largest absolute Gasteiger partial charge is 0.377 e. The van der Waals surface area contributed by atoms with Gasteiger partial charge in [-0.3, -0.25) is 0 Å². The molecule has 104 valence electrons. The monoisotopic (exact) mass is 280 g/mol. The molecular formula is C13H20N4OS.